The highest BCUT2D eigenvalue weighted by Crippen LogP contribution is 2.21. The van der Waals surface area contributed by atoms with E-state index in [1.54, 1.807) is 13.2 Å². The fourth-order valence-corrected chi connectivity index (χ4v) is 1.41. The van der Waals surface area contributed by atoms with Gasteiger partial charge in [-0.3, -0.25) is 0 Å². The highest BCUT2D eigenvalue weighted by Gasteiger charge is 2.19. The first-order valence-corrected chi connectivity index (χ1v) is 4.83. The number of aliphatic hydroxyl groups excluding tert-OH is 1. The third kappa shape index (κ3) is 6.79. The van der Waals surface area contributed by atoms with Crippen LogP contribution in [-0.4, -0.2) is 24.4 Å². The SMILES string of the molecule is COC(C)(C)CC(C)CC=CCO. The Labute approximate surface area is 81.6 Å². The van der Waals surface area contributed by atoms with Crippen molar-refractivity contribution in [1.29, 1.82) is 0 Å². The molecule has 0 heterocycles. The van der Waals surface area contributed by atoms with Gasteiger partial charge in [-0.2, -0.15) is 0 Å². The summed E-state index contributed by atoms with van der Waals surface area (Å²) < 4.78 is 5.34. The number of methoxy groups -OCH3 is 1. The summed E-state index contributed by atoms with van der Waals surface area (Å²) in [5, 5.41) is 8.55. The molecule has 0 aliphatic carbocycles. The molecule has 0 rings (SSSR count). The highest BCUT2D eigenvalue weighted by molar-refractivity contribution is 4.84. The molecule has 0 saturated heterocycles. The first-order chi connectivity index (χ1) is 6.02. The van der Waals surface area contributed by atoms with Gasteiger partial charge in [0.1, 0.15) is 0 Å². The molecule has 1 N–H and O–H groups in total. The Morgan fingerprint density at radius 2 is 2.00 bits per heavy atom. The minimum absolute atomic E-state index is 0.0352. The molecule has 1 atom stereocenters. The lowest BCUT2D eigenvalue weighted by molar-refractivity contribution is 0.00416. The van der Waals surface area contributed by atoms with Crippen LogP contribution in [0.5, 0.6) is 0 Å². The maximum Gasteiger partial charge on any atom is 0.0625 e. The maximum atomic E-state index is 8.55. The summed E-state index contributed by atoms with van der Waals surface area (Å²) in [5.41, 5.74) is -0.0352. The van der Waals surface area contributed by atoms with Gasteiger partial charge in [-0.05, 0) is 32.6 Å². The Hall–Kier alpha value is -0.340. The zero-order valence-electron chi connectivity index (χ0n) is 9.21. The van der Waals surface area contributed by atoms with E-state index in [0.29, 0.717) is 5.92 Å². The molecule has 0 aliphatic rings. The number of rotatable bonds is 6. The molecule has 2 heteroatoms. The molecule has 78 valence electrons. The van der Waals surface area contributed by atoms with Crippen molar-refractivity contribution in [2.24, 2.45) is 5.92 Å². The van der Waals surface area contributed by atoms with Crippen LogP contribution in [0.25, 0.3) is 0 Å². The summed E-state index contributed by atoms with van der Waals surface area (Å²) in [7, 11) is 1.75. The van der Waals surface area contributed by atoms with Gasteiger partial charge in [-0.25, -0.2) is 0 Å². The number of hydrogen-bond acceptors (Lipinski definition) is 2. The van der Waals surface area contributed by atoms with E-state index in [-0.39, 0.29) is 12.2 Å². The summed E-state index contributed by atoms with van der Waals surface area (Å²) in [6, 6.07) is 0. The van der Waals surface area contributed by atoms with Gasteiger partial charge in [-0.15, -0.1) is 0 Å². The molecular weight excluding hydrogens is 164 g/mol. The van der Waals surface area contributed by atoms with Crippen LogP contribution in [0.1, 0.15) is 33.6 Å². The highest BCUT2D eigenvalue weighted by atomic mass is 16.5. The van der Waals surface area contributed by atoms with Gasteiger partial charge < -0.3 is 9.84 Å². The van der Waals surface area contributed by atoms with E-state index in [9.17, 15) is 0 Å². The molecule has 0 aromatic heterocycles. The molecular formula is C11H22O2. The van der Waals surface area contributed by atoms with Crippen molar-refractivity contribution >= 4 is 0 Å². The number of allylic oxidation sites excluding steroid dienone is 1. The van der Waals surface area contributed by atoms with Gasteiger partial charge in [0.2, 0.25) is 0 Å². The minimum atomic E-state index is -0.0352. The normalized spacial score (nSPS) is 15.2. The molecule has 0 spiro atoms. The third-order valence-electron chi connectivity index (χ3n) is 2.20. The molecule has 0 bridgehead atoms. The van der Waals surface area contributed by atoms with E-state index in [1.165, 1.54) is 0 Å². The van der Waals surface area contributed by atoms with Crippen LogP contribution in [0.2, 0.25) is 0 Å². The van der Waals surface area contributed by atoms with E-state index in [4.69, 9.17) is 9.84 Å². The van der Waals surface area contributed by atoms with Crippen LogP contribution in [0.15, 0.2) is 12.2 Å². The average molecular weight is 186 g/mol. The van der Waals surface area contributed by atoms with Gasteiger partial charge in [-0.1, -0.05) is 19.1 Å². The standard InChI is InChI=1S/C11H22O2/c1-10(7-5-6-8-12)9-11(2,3)13-4/h5-6,10,12H,7-9H2,1-4H3. The second-order valence-corrected chi connectivity index (χ2v) is 4.16. The van der Waals surface area contributed by atoms with Gasteiger partial charge in [0, 0.05) is 7.11 Å². The summed E-state index contributed by atoms with van der Waals surface area (Å²) >= 11 is 0. The van der Waals surface area contributed by atoms with Gasteiger partial charge in [0.25, 0.3) is 0 Å². The van der Waals surface area contributed by atoms with Crippen LogP contribution in [0.3, 0.4) is 0 Å². The molecule has 0 fully saturated rings. The van der Waals surface area contributed by atoms with Crippen molar-refractivity contribution in [1.82, 2.24) is 0 Å². The van der Waals surface area contributed by atoms with E-state index in [0.717, 1.165) is 12.8 Å². The van der Waals surface area contributed by atoms with Gasteiger partial charge in [0.05, 0.1) is 12.2 Å². The lowest BCUT2D eigenvalue weighted by Crippen LogP contribution is -2.25. The summed E-state index contributed by atoms with van der Waals surface area (Å²) in [4.78, 5) is 0. The Kier molecular flexibility index (Phi) is 6.00. The number of ether oxygens (including phenoxy) is 1. The number of aliphatic hydroxyl groups is 1. The van der Waals surface area contributed by atoms with Crippen LogP contribution >= 0.6 is 0 Å². The summed E-state index contributed by atoms with van der Waals surface area (Å²) in [5.74, 6) is 0.595. The quantitative estimate of drug-likeness (QED) is 0.645. The zero-order chi connectivity index (χ0) is 10.3. The second-order valence-electron chi connectivity index (χ2n) is 4.16. The van der Waals surface area contributed by atoms with Gasteiger partial charge in [0.15, 0.2) is 0 Å². The lowest BCUT2D eigenvalue weighted by atomic mass is 9.92. The van der Waals surface area contributed by atoms with Crippen molar-refractivity contribution in [3.8, 4) is 0 Å². The van der Waals surface area contributed by atoms with Gasteiger partial charge >= 0.3 is 0 Å². The van der Waals surface area contributed by atoms with Crippen molar-refractivity contribution in [3.63, 3.8) is 0 Å². The van der Waals surface area contributed by atoms with E-state index >= 15 is 0 Å². The van der Waals surface area contributed by atoms with Crippen LogP contribution in [0.4, 0.5) is 0 Å². The largest absolute Gasteiger partial charge is 0.392 e. The smallest absolute Gasteiger partial charge is 0.0625 e. The topological polar surface area (TPSA) is 29.5 Å². The summed E-state index contributed by atoms with van der Waals surface area (Å²) in [6.07, 6.45) is 5.86. The van der Waals surface area contributed by atoms with Crippen molar-refractivity contribution < 1.29 is 9.84 Å². The molecule has 1 unspecified atom stereocenters. The predicted molar refractivity (Wildman–Crippen MR) is 55.7 cm³/mol. The molecule has 2 nitrogen and oxygen atoms in total. The molecule has 0 amide bonds. The number of hydrogen-bond donors (Lipinski definition) is 1. The van der Waals surface area contributed by atoms with Crippen LogP contribution < -0.4 is 0 Å². The van der Waals surface area contributed by atoms with Crippen molar-refractivity contribution in [2.75, 3.05) is 13.7 Å². The Bertz CT molecular complexity index is 150. The van der Waals surface area contributed by atoms with Crippen molar-refractivity contribution in [2.45, 2.75) is 39.2 Å². The van der Waals surface area contributed by atoms with Crippen molar-refractivity contribution in [3.05, 3.63) is 12.2 Å². The average Bonchev–Trinajstić information content (AvgIpc) is 2.04. The first kappa shape index (κ1) is 12.7. The van der Waals surface area contributed by atoms with E-state index in [2.05, 4.69) is 20.8 Å². The molecule has 0 saturated carbocycles. The fraction of sp³-hybridized carbons (Fsp3) is 0.818. The molecule has 0 aliphatic heterocycles. The monoisotopic (exact) mass is 186 g/mol. The fourth-order valence-electron chi connectivity index (χ4n) is 1.41. The molecule has 13 heavy (non-hydrogen) atoms. The van der Waals surface area contributed by atoms with E-state index in [1.807, 2.05) is 6.08 Å². The Morgan fingerprint density at radius 1 is 1.38 bits per heavy atom. The molecule has 0 aromatic rings. The zero-order valence-corrected chi connectivity index (χ0v) is 9.21. The molecule has 0 aromatic carbocycles. The Balaban J connectivity index is 3.73. The van der Waals surface area contributed by atoms with Crippen LogP contribution in [-0.2, 0) is 4.74 Å². The lowest BCUT2D eigenvalue weighted by Gasteiger charge is -2.25. The molecule has 0 radical (unpaired) electrons. The third-order valence-corrected chi connectivity index (χ3v) is 2.20. The second kappa shape index (κ2) is 6.17. The predicted octanol–water partition coefficient (Wildman–Crippen LogP) is 2.38. The summed E-state index contributed by atoms with van der Waals surface area (Å²) in [6.45, 7) is 6.53. The minimum Gasteiger partial charge on any atom is -0.392 e. The van der Waals surface area contributed by atoms with E-state index < -0.39 is 0 Å². The first-order valence-electron chi connectivity index (χ1n) is 4.83. The Morgan fingerprint density at radius 3 is 2.46 bits per heavy atom. The van der Waals surface area contributed by atoms with Crippen LogP contribution in [0, 0.1) is 5.92 Å². The maximum absolute atomic E-state index is 8.55.